The van der Waals surface area contributed by atoms with Gasteiger partial charge in [0.05, 0.1) is 18.3 Å². The number of fused-ring (bicyclic) bond motifs is 2. The fraction of sp³-hybridized carbons (Fsp3) is 0.800. The Morgan fingerprint density at radius 3 is 2.96 bits per heavy atom. The van der Waals surface area contributed by atoms with Gasteiger partial charge in [-0.15, -0.1) is 11.3 Å². The van der Waals surface area contributed by atoms with Gasteiger partial charge in [-0.1, -0.05) is 13.8 Å². The number of hydrogen-bond donors (Lipinski definition) is 1. The van der Waals surface area contributed by atoms with E-state index in [-0.39, 0.29) is 5.41 Å². The molecule has 2 aliphatic carbocycles. The van der Waals surface area contributed by atoms with Gasteiger partial charge < -0.3 is 15.0 Å². The summed E-state index contributed by atoms with van der Waals surface area (Å²) in [5.74, 6) is 1.62. The Kier molecular flexibility index (Phi) is 4.99. The van der Waals surface area contributed by atoms with Crippen LogP contribution in [0.5, 0.6) is 0 Å². The second-order valence-corrected chi connectivity index (χ2v) is 9.69. The molecule has 26 heavy (non-hydrogen) atoms. The maximum Gasteiger partial charge on any atom is 0.194 e. The van der Waals surface area contributed by atoms with Gasteiger partial charge in [-0.05, 0) is 39.0 Å². The highest BCUT2D eigenvalue weighted by Crippen LogP contribution is 2.52. The monoisotopic (exact) mass is 376 g/mol. The molecule has 1 aromatic heterocycles. The quantitative estimate of drug-likeness (QED) is 0.647. The molecule has 4 rings (SSSR count). The van der Waals surface area contributed by atoms with Crippen molar-refractivity contribution >= 4 is 17.3 Å². The second kappa shape index (κ2) is 7.12. The molecule has 0 bridgehead atoms. The number of rotatable bonds is 4. The molecule has 0 aromatic carbocycles. The second-order valence-electron chi connectivity index (χ2n) is 8.53. The molecule has 1 saturated carbocycles. The van der Waals surface area contributed by atoms with Gasteiger partial charge in [-0.2, -0.15) is 0 Å². The third-order valence-corrected chi connectivity index (χ3v) is 7.46. The first-order valence-electron chi connectivity index (χ1n) is 10.1. The minimum atomic E-state index is 0.163. The van der Waals surface area contributed by atoms with E-state index in [0.29, 0.717) is 18.1 Å². The van der Waals surface area contributed by atoms with Crippen LogP contribution >= 0.6 is 11.3 Å². The first-order valence-corrected chi connectivity index (χ1v) is 10.9. The van der Waals surface area contributed by atoms with E-state index in [1.807, 2.05) is 11.3 Å². The molecular formula is C20H32N4OS. The number of ether oxygens (including phenoxy) is 1. The van der Waals surface area contributed by atoms with Crippen molar-refractivity contribution in [2.24, 2.45) is 16.3 Å². The van der Waals surface area contributed by atoms with E-state index in [0.717, 1.165) is 38.5 Å². The van der Waals surface area contributed by atoms with E-state index in [4.69, 9.17) is 14.7 Å². The third kappa shape index (κ3) is 3.15. The standard InChI is InChI=1S/C20H32N4OS/c1-5-21-19(23-17-13-10-11-25-18(13)20(17,2)3)24(4)12-16-22-14-8-6-7-9-15(14)26-16/h13,17-18H,5-12H2,1-4H3,(H,21,23). The molecule has 6 heteroatoms. The third-order valence-electron chi connectivity index (χ3n) is 6.32. The SMILES string of the molecule is CCN=C(NC1C2CCOC2C1(C)C)N(C)Cc1nc2c(s1)CCCC2. The van der Waals surface area contributed by atoms with Crippen LogP contribution in [0.4, 0.5) is 0 Å². The first kappa shape index (κ1) is 18.2. The molecule has 1 saturated heterocycles. The van der Waals surface area contributed by atoms with Gasteiger partial charge in [-0.25, -0.2) is 4.98 Å². The van der Waals surface area contributed by atoms with Crippen LogP contribution in [0.25, 0.3) is 0 Å². The predicted molar refractivity (Wildman–Crippen MR) is 107 cm³/mol. The van der Waals surface area contributed by atoms with Crippen LogP contribution in [0.3, 0.4) is 0 Å². The summed E-state index contributed by atoms with van der Waals surface area (Å²) >= 11 is 1.90. The van der Waals surface area contributed by atoms with E-state index in [9.17, 15) is 0 Å². The molecule has 3 atom stereocenters. The van der Waals surface area contributed by atoms with Crippen LogP contribution in [-0.4, -0.2) is 48.2 Å². The molecule has 5 nitrogen and oxygen atoms in total. The summed E-state index contributed by atoms with van der Waals surface area (Å²) in [6.45, 7) is 9.26. The lowest BCUT2D eigenvalue weighted by atomic mass is 9.57. The van der Waals surface area contributed by atoms with Crippen molar-refractivity contribution < 1.29 is 4.74 Å². The van der Waals surface area contributed by atoms with Gasteiger partial charge in [0.1, 0.15) is 5.01 Å². The van der Waals surface area contributed by atoms with E-state index in [1.165, 1.54) is 34.8 Å². The van der Waals surface area contributed by atoms with Gasteiger partial charge in [0, 0.05) is 42.5 Å². The zero-order valence-electron chi connectivity index (χ0n) is 16.5. The number of aryl methyl sites for hydroxylation is 2. The molecule has 1 aliphatic heterocycles. The lowest BCUT2D eigenvalue weighted by molar-refractivity contribution is -0.107. The largest absolute Gasteiger partial charge is 0.377 e. The normalized spacial score (nSPS) is 29.7. The van der Waals surface area contributed by atoms with Crippen LogP contribution in [-0.2, 0) is 24.1 Å². The molecule has 1 N–H and O–H groups in total. The number of thiazole rings is 1. The lowest BCUT2D eigenvalue weighted by Crippen LogP contribution is -2.67. The molecule has 144 valence electrons. The van der Waals surface area contributed by atoms with E-state index in [1.54, 1.807) is 0 Å². The first-order chi connectivity index (χ1) is 12.5. The van der Waals surface area contributed by atoms with Gasteiger partial charge in [0.15, 0.2) is 5.96 Å². The molecule has 0 amide bonds. The summed E-state index contributed by atoms with van der Waals surface area (Å²) < 4.78 is 5.94. The van der Waals surface area contributed by atoms with Gasteiger partial charge >= 0.3 is 0 Å². The van der Waals surface area contributed by atoms with Crippen molar-refractivity contribution in [1.29, 1.82) is 0 Å². The smallest absolute Gasteiger partial charge is 0.194 e. The van der Waals surface area contributed by atoms with Gasteiger partial charge in [-0.3, -0.25) is 4.99 Å². The van der Waals surface area contributed by atoms with Gasteiger partial charge in [0.25, 0.3) is 0 Å². The Balaban J connectivity index is 1.44. The number of nitrogens with zero attached hydrogens (tertiary/aromatic N) is 3. The molecular weight excluding hydrogens is 344 g/mol. The highest BCUT2D eigenvalue weighted by Gasteiger charge is 2.59. The predicted octanol–water partition coefficient (Wildman–Crippen LogP) is 3.23. The minimum absolute atomic E-state index is 0.163. The molecule has 0 spiro atoms. The van der Waals surface area contributed by atoms with Crippen molar-refractivity contribution in [2.45, 2.75) is 71.6 Å². The van der Waals surface area contributed by atoms with Crippen LogP contribution in [0.1, 0.15) is 55.6 Å². The summed E-state index contributed by atoms with van der Waals surface area (Å²) in [5, 5.41) is 4.99. The number of guanidine groups is 1. The van der Waals surface area contributed by atoms with Crippen molar-refractivity contribution in [3.63, 3.8) is 0 Å². The fourth-order valence-corrected chi connectivity index (χ4v) is 6.14. The van der Waals surface area contributed by atoms with Crippen molar-refractivity contribution in [3.05, 3.63) is 15.6 Å². The fourth-order valence-electron chi connectivity index (χ4n) is 4.93. The van der Waals surface area contributed by atoms with Crippen LogP contribution < -0.4 is 5.32 Å². The lowest BCUT2D eigenvalue weighted by Gasteiger charge is -2.55. The summed E-state index contributed by atoms with van der Waals surface area (Å²) in [7, 11) is 2.14. The van der Waals surface area contributed by atoms with E-state index < -0.39 is 0 Å². The average molecular weight is 377 g/mol. The average Bonchev–Trinajstić information content (AvgIpc) is 3.23. The zero-order chi connectivity index (χ0) is 18.3. The molecule has 3 unspecified atom stereocenters. The van der Waals surface area contributed by atoms with Crippen molar-refractivity contribution in [3.8, 4) is 0 Å². The zero-order valence-corrected chi connectivity index (χ0v) is 17.4. The highest BCUT2D eigenvalue weighted by atomic mass is 32.1. The number of aliphatic imine (C=N–C) groups is 1. The molecule has 2 heterocycles. The van der Waals surface area contributed by atoms with Crippen molar-refractivity contribution in [2.75, 3.05) is 20.2 Å². The molecule has 2 fully saturated rings. The molecule has 3 aliphatic rings. The van der Waals surface area contributed by atoms with E-state index in [2.05, 4.69) is 38.0 Å². The topological polar surface area (TPSA) is 49.8 Å². The Labute approximate surface area is 161 Å². The van der Waals surface area contributed by atoms with Crippen molar-refractivity contribution in [1.82, 2.24) is 15.2 Å². The van der Waals surface area contributed by atoms with Crippen LogP contribution in [0.15, 0.2) is 4.99 Å². The highest BCUT2D eigenvalue weighted by molar-refractivity contribution is 7.11. The number of hydrogen-bond acceptors (Lipinski definition) is 4. The Hall–Kier alpha value is -1.14. The van der Waals surface area contributed by atoms with E-state index >= 15 is 0 Å². The Morgan fingerprint density at radius 1 is 1.38 bits per heavy atom. The maximum atomic E-state index is 5.94. The van der Waals surface area contributed by atoms with Crippen LogP contribution in [0.2, 0.25) is 0 Å². The van der Waals surface area contributed by atoms with Crippen LogP contribution in [0, 0.1) is 11.3 Å². The number of aromatic nitrogens is 1. The van der Waals surface area contributed by atoms with Gasteiger partial charge in [0.2, 0.25) is 0 Å². The number of nitrogens with one attached hydrogen (secondary N) is 1. The molecule has 0 radical (unpaired) electrons. The Bertz CT molecular complexity index is 660. The summed E-state index contributed by atoms with van der Waals surface area (Å²) in [5.41, 5.74) is 1.51. The minimum Gasteiger partial charge on any atom is -0.377 e. The molecule has 1 aromatic rings. The summed E-state index contributed by atoms with van der Waals surface area (Å²) in [6.07, 6.45) is 6.54. The maximum absolute atomic E-state index is 5.94. The Morgan fingerprint density at radius 2 is 2.19 bits per heavy atom. The summed E-state index contributed by atoms with van der Waals surface area (Å²) in [4.78, 5) is 13.4. The summed E-state index contributed by atoms with van der Waals surface area (Å²) in [6, 6.07) is 0.437.